The first-order valence-corrected chi connectivity index (χ1v) is 6.49. The normalized spacial score (nSPS) is 17.4. The van der Waals surface area contributed by atoms with Crippen molar-refractivity contribution in [2.24, 2.45) is 4.99 Å². The zero-order valence-corrected chi connectivity index (χ0v) is 11.1. The maximum atomic E-state index is 8.88. The van der Waals surface area contributed by atoms with Crippen molar-refractivity contribution in [2.75, 3.05) is 11.1 Å². The molecule has 17 heavy (non-hydrogen) atoms. The van der Waals surface area contributed by atoms with Crippen molar-refractivity contribution in [3.05, 3.63) is 29.3 Å². The van der Waals surface area contributed by atoms with Crippen LogP contribution in [0.3, 0.4) is 0 Å². The maximum absolute atomic E-state index is 8.88. The zero-order chi connectivity index (χ0) is 12.5. The van der Waals surface area contributed by atoms with Gasteiger partial charge >= 0.3 is 0 Å². The summed E-state index contributed by atoms with van der Waals surface area (Å²) in [4.78, 5) is 4.60. The van der Waals surface area contributed by atoms with Gasteiger partial charge in [0.05, 0.1) is 17.2 Å². The molecule has 1 heterocycles. The number of amidine groups is 1. The van der Waals surface area contributed by atoms with E-state index in [2.05, 4.69) is 30.2 Å². The molecule has 0 saturated carbocycles. The number of aliphatic imine (C=N–C) groups is 1. The Kier molecular flexibility index (Phi) is 3.12. The highest BCUT2D eigenvalue weighted by Gasteiger charge is 2.25. The van der Waals surface area contributed by atoms with Crippen molar-refractivity contribution >= 4 is 22.6 Å². The molecule has 0 bridgehead atoms. The lowest BCUT2D eigenvalue weighted by atomic mass is 10.1. The summed E-state index contributed by atoms with van der Waals surface area (Å²) in [6.07, 6.45) is 0. The van der Waals surface area contributed by atoms with E-state index in [0.29, 0.717) is 5.56 Å². The van der Waals surface area contributed by atoms with Gasteiger partial charge in [-0.05, 0) is 38.5 Å². The number of nitrogens with one attached hydrogen (secondary N) is 1. The molecule has 0 aromatic heterocycles. The Morgan fingerprint density at radius 1 is 1.47 bits per heavy atom. The van der Waals surface area contributed by atoms with Crippen molar-refractivity contribution in [1.29, 1.82) is 5.26 Å². The second-order valence-electron chi connectivity index (χ2n) is 4.78. The summed E-state index contributed by atoms with van der Waals surface area (Å²) in [7, 11) is 0. The van der Waals surface area contributed by atoms with Crippen molar-refractivity contribution < 1.29 is 0 Å². The van der Waals surface area contributed by atoms with E-state index >= 15 is 0 Å². The lowest BCUT2D eigenvalue weighted by molar-refractivity contribution is 0.605. The number of nitrogens with zero attached hydrogens (tertiary/aromatic N) is 2. The number of hydrogen-bond donors (Lipinski definition) is 1. The average molecular weight is 245 g/mol. The predicted octanol–water partition coefficient (Wildman–Crippen LogP) is 3.16. The minimum absolute atomic E-state index is 0.00768. The summed E-state index contributed by atoms with van der Waals surface area (Å²) in [6, 6.07) is 7.79. The quantitative estimate of drug-likeness (QED) is 0.826. The van der Waals surface area contributed by atoms with E-state index in [1.54, 1.807) is 11.8 Å². The van der Waals surface area contributed by atoms with Gasteiger partial charge in [-0.25, -0.2) is 0 Å². The van der Waals surface area contributed by atoms with Gasteiger partial charge in [0.1, 0.15) is 0 Å². The third kappa shape index (κ3) is 2.80. The molecular weight excluding hydrogens is 230 g/mol. The molecule has 88 valence electrons. The first-order chi connectivity index (χ1) is 8.00. The first kappa shape index (κ1) is 12.0. The molecule has 1 aromatic carbocycles. The fraction of sp³-hybridized carbons (Fsp3) is 0.385. The number of anilines is 1. The lowest BCUT2D eigenvalue weighted by Crippen LogP contribution is -2.15. The number of nitriles is 1. The van der Waals surface area contributed by atoms with Gasteiger partial charge in [-0.3, -0.25) is 4.99 Å². The molecule has 0 aliphatic carbocycles. The van der Waals surface area contributed by atoms with Crippen LogP contribution in [0.2, 0.25) is 0 Å². The van der Waals surface area contributed by atoms with E-state index in [0.717, 1.165) is 22.2 Å². The van der Waals surface area contributed by atoms with Gasteiger partial charge in [0.15, 0.2) is 5.17 Å². The monoisotopic (exact) mass is 245 g/mol. The van der Waals surface area contributed by atoms with E-state index in [1.807, 2.05) is 25.1 Å². The summed E-state index contributed by atoms with van der Waals surface area (Å²) >= 11 is 1.72. The molecule has 3 nitrogen and oxygen atoms in total. The molecule has 1 aromatic rings. The van der Waals surface area contributed by atoms with Gasteiger partial charge in [0.25, 0.3) is 0 Å². The van der Waals surface area contributed by atoms with Crippen molar-refractivity contribution in [2.45, 2.75) is 26.3 Å². The van der Waals surface area contributed by atoms with Gasteiger partial charge in [-0.2, -0.15) is 5.26 Å². The minimum atomic E-state index is 0.00768. The Bertz CT molecular complexity index is 512. The van der Waals surface area contributed by atoms with Gasteiger partial charge in [-0.1, -0.05) is 17.8 Å². The van der Waals surface area contributed by atoms with Crippen molar-refractivity contribution in [1.82, 2.24) is 0 Å². The van der Waals surface area contributed by atoms with E-state index < -0.39 is 0 Å². The summed E-state index contributed by atoms with van der Waals surface area (Å²) in [5, 5.41) is 13.1. The lowest BCUT2D eigenvalue weighted by Gasteiger charge is -2.10. The van der Waals surface area contributed by atoms with Crippen LogP contribution in [-0.2, 0) is 0 Å². The van der Waals surface area contributed by atoms with Crippen LogP contribution in [0.15, 0.2) is 23.2 Å². The van der Waals surface area contributed by atoms with Gasteiger partial charge in [0.2, 0.25) is 0 Å². The van der Waals surface area contributed by atoms with Crippen LogP contribution in [0.25, 0.3) is 0 Å². The van der Waals surface area contributed by atoms with Crippen LogP contribution in [-0.4, -0.2) is 16.5 Å². The Morgan fingerprint density at radius 2 is 2.24 bits per heavy atom. The third-order valence-corrected chi connectivity index (χ3v) is 3.89. The standard InChI is InChI=1S/C13H15N3S/c1-9-4-5-10(7-14)6-11(9)15-12-16-13(2,3)8-17-12/h4-6H,8H2,1-3H3,(H,15,16). The zero-order valence-electron chi connectivity index (χ0n) is 10.2. The molecule has 0 saturated heterocycles. The second kappa shape index (κ2) is 4.42. The fourth-order valence-corrected chi connectivity index (χ4v) is 2.64. The van der Waals surface area contributed by atoms with Gasteiger partial charge < -0.3 is 5.32 Å². The van der Waals surface area contributed by atoms with E-state index in [4.69, 9.17) is 5.26 Å². The Hall–Kier alpha value is -1.47. The maximum Gasteiger partial charge on any atom is 0.161 e. The molecule has 1 aliphatic heterocycles. The van der Waals surface area contributed by atoms with Crippen molar-refractivity contribution in [3.8, 4) is 6.07 Å². The van der Waals surface area contributed by atoms with E-state index in [1.165, 1.54) is 0 Å². The molecule has 0 atom stereocenters. The summed E-state index contributed by atoms with van der Waals surface area (Å²) in [5.41, 5.74) is 2.76. The molecule has 0 unspecified atom stereocenters. The second-order valence-corrected chi connectivity index (χ2v) is 5.75. The Balaban J connectivity index is 2.23. The summed E-state index contributed by atoms with van der Waals surface area (Å²) < 4.78 is 0. The van der Waals surface area contributed by atoms with Crippen LogP contribution in [0, 0.1) is 18.3 Å². The molecule has 1 aliphatic rings. The number of thioether (sulfide) groups is 1. The number of rotatable bonds is 1. The van der Waals surface area contributed by atoms with Gasteiger partial charge in [-0.15, -0.1) is 0 Å². The molecule has 0 amide bonds. The van der Waals surface area contributed by atoms with Crippen LogP contribution in [0.4, 0.5) is 5.69 Å². The van der Waals surface area contributed by atoms with E-state index in [9.17, 15) is 0 Å². The van der Waals surface area contributed by atoms with Gasteiger partial charge in [0, 0.05) is 11.4 Å². The SMILES string of the molecule is Cc1ccc(C#N)cc1NC1=NC(C)(C)CS1. The highest BCUT2D eigenvalue weighted by Crippen LogP contribution is 2.28. The molecule has 2 rings (SSSR count). The largest absolute Gasteiger partial charge is 0.335 e. The number of benzene rings is 1. The molecule has 0 radical (unpaired) electrons. The third-order valence-electron chi connectivity index (χ3n) is 2.57. The predicted molar refractivity (Wildman–Crippen MR) is 73.5 cm³/mol. The Morgan fingerprint density at radius 3 is 2.82 bits per heavy atom. The summed E-state index contributed by atoms with van der Waals surface area (Å²) in [6.45, 7) is 6.26. The smallest absolute Gasteiger partial charge is 0.161 e. The Labute approximate surface area is 106 Å². The van der Waals surface area contributed by atoms with Crippen LogP contribution >= 0.6 is 11.8 Å². The fourth-order valence-electron chi connectivity index (χ4n) is 1.59. The molecule has 4 heteroatoms. The first-order valence-electron chi connectivity index (χ1n) is 5.51. The minimum Gasteiger partial charge on any atom is -0.335 e. The molecule has 0 spiro atoms. The number of hydrogen-bond acceptors (Lipinski definition) is 4. The van der Waals surface area contributed by atoms with E-state index in [-0.39, 0.29) is 5.54 Å². The highest BCUT2D eigenvalue weighted by atomic mass is 32.2. The topological polar surface area (TPSA) is 48.2 Å². The van der Waals surface area contributed by atoms with Crippen LogP contribution in [0.1, 0.15) is 25.0 Å². The molecule has 1 N–H and O–H groups in total. The highest BCUT2D eigenvalue weighted by molar-refractivity contribution is 8.14. The molecular formula is C13H15N3S. The van der Waals surface area contributed by atoms with Crippen molar-refractivity contribution in [3.63, 3.8) is 0 Å². The van der Waals surface area contributed by atoms with Crippen LogP contribution < -0.4 is 5.32 Å². The average Bonchev–Trinajstić information content (AvgIpc) is 2.61. The number of aryl methyl sites for hydroxylation is 1. The van der Waals surface area contributed by atoms with Crippen LogP contribution in [0.5, 0.6) is 0 Å². The molecule has 0 fully saturated rings. The summed E-state index contributed by atoms with van der Waals surface area (Å²) in [5.74, 6) is 0.992.